The van der Waals surface area contributed by atoms with Gasteiger partial charge in [0.15, 0.2) is 5.78 Å². The molecule has 0 saturated carbocycles. The zero-order chi connectivity index (χ0) is 24.5. The van der Waals surface area contributed by atoms with Gasteiger partial charge in [-0.1, -0.05) is 19.6 Å². The number of fused-ring (bicyclic) bond motifs is 1. The highest BCUT2D eigenvalue weighted by atomic mass is 32.1. The number of Topliss-reactive ketones (excluding diaryl/α,β-unsaturated/α-hetero) is 1. The van der Waals surface area contributed by atoms with Gasteiger partial charge in [0.1, 0.15) is 30.2 Å². The number of likely N-dealkylation sites (tertiary alicyclic amines) is 1. The number of alkyl halides is 3. The Morgan fingerprint density at radius 1 is 1.11 bits per heavy atom. The number of carbonyl (C=O) groups excluding carboxylic acids is 3. The Morgan fingerprint density at radius 3 is 2.32 bits per heavy atom. The molecule has 2 saturated heterocycles. The summed E-state index contributed by atoms with van der Waals surface area (Å²) in [4.78, 5) is 39.9. The molecular weight excluding hydrogens is 533 g/mol. The van der Waals surface area contributed by atoms with Gasteiger partial charge >= 0.3 is 6.36 Å². The summed E-state index contributed by atoms with van der Waals surface area (Å²) in [7, 11) is 0. The highest BCUT2D eigenvalue weighted by Crippen LogP contribution is 2.28. The maximum atomic E-state index is 13.4. The van der Waals surface area contributed by atoms with Crippen molar-refractivity contribution in [1.29, 1.82) is 0 Å². The quantitative estimate of drug-likeness (QED) is 0.561. The summed E-state index contributed by atoms with van der Waals surface area (Å²) >= 11 is 0. The predicted octanol–water partition coefficient (Wildman–Crippen LogP) is 3.06. The van der Waals surface area contributed by atoms with Gasteiger partial charge in [-0.3, -0.25) is 14.4 Å². The van der Waals surface area contributed by atoms with Gasteiger partial charge < -0.3 is 24.8 Å². The van der Waals surface area contributed by atoms with Crippen LogP contribution in [0.15, 0.2) is 48.5 Å². The number of ketones is 1. The van der Waals surface area contributed by atoms with Gasteiger partial charge in [-0.05, 0) is 48.4 Å². The van der Waals surface area contributed by atoms with Crippen molar-refractivity contribution >= 4 is 44.6 Å². The minimum atomic E-state index is -4.86. The Kier molecular flexibility index (Phi) is 11.3. The van der Waals surface area contributed by atoms with E-state index in [0.717, 1.165) is 24.3 Å². The van der Waals surface area contributed by atoms with Crippen molar-refractivity contribution in [2.24, 2.45) is 0 Å². The first-order chi connectivity index (χ1) is 16.1. The summed E-state index contributed by atoms with van der Waals surface area (Å²) in [5, 5.41) is 12.1. The van der Waals surface area contributed by atoms with Crippen LogP contribution < -0.4 is 10.1 Å². The molecule has 2 fully saturated rings. The van der Waals surface area contributed by atoms with Crippen molar-refractivity contribution in [3.8, 4) is 11.5 Å². The zero-order valence-electron chi connectivity index (χ0n) is 18.7. The van der Waals surface area contributed by atoms with Crippen molar-refractivity contribution < 1.29 is 42.1 Å². The summed E-state index contributed by atoms with van der Waals surface area (Å²) in [6.45, 7) is 0.228. The predicted molar refractivity (Wildman–Crippen MR) is 139 cm³/mol. The van der Waals surface area contributed by atoms with E-state index < -0.39 is 36.0 Å². The first-order valence-corrected chi connectivity index (χ1v) is 10.5. The summed E-state index contributed by atoms with van der Waals surface area (Å²) < 4.78 is 46.3. The molecule has 2 aliphatic heterocycles. The van der Waals surface area contributed by atoms with Crippen LogP contribution in [0, 0.1) is 0 Å². The average molecular weight is 563 g/mol. The third kappa shape index (κ3) is 7.79. The largest absolute Gasteiger partial charge is 0.573 e. The summed E-state index contributed by atoms with van der Waals surface area (Å²) in [6, 6.07) is 8.62. The summed E-state index contributed by atoms with van der Waals surface area (Å²) in [5.74, 6) is -1.80. The number of aromatic hydroxyl groups is 1. The normalized spacial score (nSPS) is 19.0. The molecule has 0 unspecified atom stereocenters. The van der Waals surface area contributed by atoms with Gasteiger partial charge in [-0.15, -0.1) is 13.2 Å². The van der Waals surface area contributed by atoms with Gasteiger partial charge in [0.05, 0.1) is 6.10 Å². The van der Waals surface area contributed by atoms with E-state index in [4.69, 9.17) is 4.74 Å². The molecule has 0 aromatic heterocycles. The van der Waals surface area contributed by atoms with E-state index in [1.165, 1.54) is 17.0 Å². The van der Waals surface area contributed by atoms with Crippen molar-refractivity contribution in [3.63, 3.8) is 0 Å². The smallest absolute Gasteiger partial charge is 0.508 e. The molecule has 2 aromatic carbocycles. The SMILES string of the molecule is C.O=C(N[C@@H](Cc1ccc(O)cc1)C(=O)N1CC[C@H]2OCC(=O)[C@H]21)c1ccc(OC(F)(F)F)cc1.S.S. The number of amides is 2. The molecule has 2 heterocycles. The summed E-state index contributed by atoms with van der Waals surface area (Å²) in [5.41, 5.74) is 0.674. The molecule has 204 valence electrons. The second kappa shape index (κ2) is 13.1. The van der Waals surface area contributed by atoms with Crippen molar-refractivity contribution in [2.75, 3.05) is 13.2 Å². The monoisotopic (exact) mass is 562 g/mol. The lowest BCUT2D eigenvalue weighted by Crippen LogP contribution is -2.53. The molecular formula is C24H29F3N2O6S2. The fourth-order valence-corrected chi connectivity index (χ4v) is 4.16. The lowest BCUT2D eigenvalue weighted by atomic mass is 10.0. The fraction of sp³-hybridized carbons (Fsp3) is 0.375. The van der Waals surface area contributed by atoms with Crippen LogP contribution in [0.5, 0.6) is 11.5 Å². The Morgan fingerprint density at radius 2 is 1.73 bits per heavy atom. The van der Waals surface area contributed by atoms with Crippen LogP contribution in [-0.4, -0.2) is 65.3 Å². The maximum Gasteiger partial charge on any atom is 0.573 e. The van der Waals surface area contributed by atoms with Crippen LogP contribution in [0.3, 0.4) is 0 Å². The number of ether oxygens (including phenoxy) is 2. The molecule has 8 nitrogen and oxygen atoms in total. The number of benzene rings is 2. The first kappa shape index (κ1) is 32.1. The molecule has 3 atom stereocenters. The Labute approximate surface area is 226 Å². The third-order valence-electron chi connectivity index (χ3n) is 5.72. The van der Waals surface area contributed by atoms with Crippen LogP contribution in [0.1, 0.15) is 29.8 Å². The van der Waals surface area contributed by atoms with Crippen LogP contribution in [0.4, 0.5) is 13.2 Å². The number of rotatable bonds is 6. The molecule has 0 bridgehead atoms. The van der Waals surface area contributed by atoms with Gasteiger partial charge in [-0.25, -0.2) is 0 Å². The van der Waals surface area contributed by atoms with Gasteiger partial charge in [0, 0.05) is 18.5 Å². The zero-order valence-corrected chi connectivity index (χ0v) is 20.7. The minimum absolute atomic E-state index is 0. The average Bonchev–Trinajstić information content (AvgIpc) is 3.36. The minimum Gasteiger partial charge on any atom is -0.508 e. The van der Waals surface area contributed by atoms with E-state index in [9.17, 15) is 32.7 Å². The molecule has 0 aliphatic carbocycles. The van der Waals surface area contributed by atoms with Crippen LogP contribution >= 0.6 is 27.0 Å². The Balaban J connectivity index is 0.00000228. The van der Waals surface area contributed by atoms with Gasteiger partial charge in [0.2, 0.25) is 5.91 Å². The highest BCUT2D eigenvalue weighted by molar-refractivity contribution is 7.59. The number of phenols is 1. The number of phenolic OH excluding ortho intramolecular Hbond substituents is 1. The van der Waals surface area contributed by atoms with Crippen molar-refractivity contribution in [2.45, 2.75) is 44.8 Å². The van der Waals surface area contributed by atoms with E-state index in [0.29, 0.717) is 18.5 Å². The van der Waals surface area contributed by atoms with Gasteiger partial charge in [0.25, 0.3) is 5.91 Å². The van der Waals surface area contributed by atoms with E-state index >= 15 is 0 Å². The molecule has 2 aromatic rings. The molecule has 13 heteroatoms. The number of halogens is 3. The number of nitrogens with zero attached hydrogens (tertiary/aromatic N) is 1. The second-order valence-corrected chi connectivity index (χ2v) is 8.05. The van der Waals surface area contributed by atoms with Crippen LogP contribution in [0.2, 0.25) is 0 Å². The third-order valence-corrected chi connectivity index (χ3v) is 5.72. The van der Waals surface area contributed by atoms with Gasteiger partial charge in [-0.2, -0.15) is 27.0 Å². The lowest BCUT2D eigenvalue weighted by molar-refractivity contribution is -0.274. The standard InChI is InChI=1S/C23H21F3N2O6.CH4.2H2S/c24-23(25,26)34-16-7-3-14(4-8-16)21(31)27-17(11-13-1-5-15(29)6-2-13)22(32)28-10-9-19-20(28)18(30)12-33-19;;;/h1-8,17,19-20,29H,9-12H2,(H,27,31);1H4;2*1H2/t17-,19+,20+;;;/m0.../s1. The first-order valence-electron chi connectivity index (χ1n) is 10.5. The fourth-order valence-electron chi connectivity index (χ4n) is 4.16. The summed E-state index contributed by atoms with van der Waals surface area (Å²) in [6.07, 6.45) is -4.66. The number of carbonyl (C=O) groups is 3. The maximum absolute atomic E-state index is 13.4. The molecule has 2 amide bonds. The number of hydrogen-bond acceptors (Lipinski definition) is 6. The number of hydrogen-bond donors (Lipinski definition) is 2. The molecule has 2 aliphatic rings. The number of nitrogens with one attached hydrogen (secondary N) is 1. The van der Waals surface area contributed by atoms with Crippen molar-refractivity contribution in [3.05, 3.63) is 59.7 Å². The molecule has 4 rings (SSSR count). The molecule has 2 N–H and O–H groups in total. The Hall–Kier alpha value is -2.90. The molecule has 37 heavy (non-hydrogen) atoms. The Bertz CT molecular complexity index is 1080. The topological polar surface area (TPSA) is 105 Å². The second-order valence-electron chi connectivity index (χ2n) is 8.05. The lowest BCUT2D eigenvalue weighted by Gasteiger charge is -2.27. The van der Waals surface area contributed by atoms with E-state index in [1.54, 1.807) is 12.1 Å². The highest BCUT2D eigenvalue weighted by Gasteiger charge is 2.48. The van der Waals surface area contributed by atoms with Crippen LogP contribution in [0.25, 0.3) is 0 Å². The van der Waals surface area contributed by atoms with E-state index in [-0.39, 0.29) is 70.6 Å². The molecule has 0 radical (unpaired) electrons. The van der Waals surface area contributed by atoms with Crippen molar-refractivity contribution in [1.82, 2.24) is 10.2 Å². The van der Waals surface area contributed by atoms with Crippen LogP contribution in [-0.2, 0) is 20.7 Å². The van der Waals surface area contributed by atoms with E-state index in [1.807, 2.05) is 0 Å². The van der Waals surface area contributed by atoms with E-state index in [2.05, 4.69) is 10.1 Å². The molecule has 0 spiro atoms.